The van der Waals surface area contributed by atoms with E-state index in [1.54, 1.807) is 13.8 Å². The molecule has 1 aromatic heterocycles. The van der Waals surface area contributed by atoms with Crippen molar-refractivity contribution in [2.75, 3.05) is 7.11 Å². The van der Waals surface area contributed by atoms with E-state index in [1.807, 2.05) is 31.4 Å². The zero-order valence-electron chi connectivity index (χ0n) is 16.7. The van der Waals surface area contributed by atoms with Gasteiger partial charge in [0.25, 0.3) is 0 Å². The van der Waals surface area contributed by atoms with Crippen molar-refractivity contribution in [2.24, 2.45) is 11.8 Å². The van der Waals surface area contributed by atoms with Crippen molar-refractivity contribution in [3.05, 3.63) is 44.9 Å². The molecule has 2 heterocycles. The molecule has 0 radical (unpaired) electrons. The number of allylic oxidation sites excluding steroid dienone is 3. The molecule has 1 aliphatic carbocycles. The molecule has 0 fully saturated rings. The van der Waals surface area contributed by atoms with Gasteiger partial charge in [0.15, 0.2) is 5.78 Å². The standard InChI is InChI=1S/C21H25NO5S/c1-10(2)27-21(25)16-12(4)22-13-9-11(3)15(20(24)26-5)19(23)17(13)18(16)14-7-6-8-28-14/h6-8,10-11,15,18,22H,9H2,1-5H3/t11-,15-,18+/m0/s1. The molecule has 2 aliphatic rings. The Bertz CT molecular complexity index is 865. The molecule has 0 unspecified atom stereocenters. The molecule has 0 bridgehead atoms. The monoisotopic (exact) mass is 403 g/mol. The van der Waals surface area contributed by atoms with Crippen LogP contribution in [0.5, 0.6) is 0 Å². The van der Waals surface area contributed by atoms with Crippen LogP contribution in [0.1, 0.15) is 44.9 Å². The highest BCUT2D eigenvalue weighted by Crippen LogP contribution is 2.46. The number of carbonyl (C=O) groups excluding carboxylic acids is 3. The molecule has 0 aromatic carbocycles. The fourth-order valence-electron chi connectivity index (χ4n) is 3.97. The number of thiophene rings is 1. The average molecular weight is 404 g/mol. The van der Waals surface area contributed by atoms with E-state index in [-0.39, 0.29) is 17.8 Å². The predicted molar refractivity (Wildman–Crippen MR) is 105 cm³/mol. The van der Waals surface area contributed by atoms with Crippen molar-refractivity contribution < 1.29 is 23.9 Å². The quantitative estimate of drug-likeness (QED) is 0.614. The largest absolute Gasteiger partial charge is 0.468 e. The van der Waals surface area contributed by atoms with E-state index in [0.717, 1.165) is 10.6 Å². The number of esters is 2. The van der Waals surface area contributed by atoms with E-state index in [9.17, 15) is 14.4 Å². The number of hydrogen-bond acceptors (Lipinski definition) is 7. The Labute approximate surface area is 168 Å². The lowest BCUT2D eigenvalue weighted by molar-refractivity contribution is -0.151. The van der Waals surface area contributed by atoms with Crippen molar-refractivity contribution in [3.63, 3.8) is 0 Å². The average Bonchev–Trinajstić information content (AvgIpc) is 3.13. The van der Waals surface area contributed by atoms with Gasteiger partial charge in [-0.05, 0) is 44.6 Å². The van der Waals surface area contributed by atoms with Crippen LogP contribution in [0.15, 0.2) is 40.1 Å². The fraction of sp³-hybridized carbons (Fsp3) is 0.476. The summed E-state index contributed by atoms with van der Waals surface area (Å²) in [6, 6.07) is 3.79. The number of nitrogens with one attached hydrogen (secondary N) is 1. The highest BCUT2D eigenvalue weighted by atomic mass is 32.1. The molecule has 0 saturated heterocycles. The van der Waals surface area contributed by atoms with E-state index in [2.05, 4.69) is 5.32 Å². The van der Waals surface area contributed by atoms with Crippen LogP contribution >= 0.6 is 11.3 Å². The molecule has 1 N–H and O–H groups in total. The molecule has 1 aliphatic heterocycles. The van der Waals surface area contributed by atoms with E-state index in [0.29, 0.717) is 23.3 Å². The highest BCUT2D eigenvalue weighted by Gasteiger charge is 2.47. The molecule has 6 nitrogen and oxygen atoms in total. The van der Waals surface area contributed by atoms with E-state index < -0.39 is 23.8 Å². The number of ether oxygens (including phenoxy) is 2. The highest BCUT2D eigenvalue weighted by molar-refractivity contribution is 7.10. The summed E-state index contributed by atoms with van der Waals surface area (Å²) >= 11 is 1.47. The zero-order chi connectivity index (χ0) is 20.6. The van der Waals surface area contributed by atoms with Crippen LogP contribution in [0, 0.1) is 11.8 Å². The maximum Gasteiger partial charge on any atom is 0.337 e. The lowest BCUT2D eigenvalue weighted by Gasteiger charge is -2.37. The first kappa shape index (κ1) is 20.3. The molecule has 0 amide bonds. The molecule has 0 saturated carbocycles. The number of Topliss-reactive ketones (excluding diaryl/α,β-unsaturated/α-hetero) is 1. The smallest absolute Gasteiger partial charge is 0.337 e. The van der Waals surface area contributed by atoms with Crippen LogP contribution in [-0.4, -0.2) is 30.9 Å². The van der Waals surface area contributed by atoms with Crippen molar-refractivity contribution in [1.82, 2.24) is 5.32 Å². The number of ketones is 1. The van der Waals surface area contributed by atoms with Gasteiger partial charge >= 0.3 is 11.9 Å². The van der Waals surface area contributed by atoms with Crippen molar-refractivity contribution >= 4 is 29.1 Å². The minimum atomic E-state index is -0.867. The number of dihydropyridines is 1. The maximum atomic E-state index is 13.4. The summed E-state index contributed by atoms with van der Waals surface area (Å²) < 4.78 is 10.3. The number of rotatable bonds is 4. The Morgan fingerprint density at radius 1 is 1.32 bits per heavy atom. The van der Waals surface area contributed by atoms with Crippen LogP contribution in [0.4, 0.5) is 0 Å². The van der Waals surface area contributed by atoms with Gasteiger partial charge in [0, 0.05) is 21.8 Å². The fourth-order valence-corrected chi connectivity index (χ4v) is 4.81. The first-order valence-corrected chi connectivity index (χ1v) is 10.2. The molecular formula is C21H25NO5S. The van der Waals surface area contributed by atoms with Crippen molar-refractivity contribution in [2.45, 2.75) is 46.1 Å². The van der Waals surface area contributed by atoms with E-state index >= 15 is 0 Å². The number of hydrogen-bond donors (Lipinski definition) is 1. The molecular weight excluding hydrogens is 378 g/mol. The second-order valence-corrected chi connectivity index (χ2v) is 8.48. The normalized spacial score (nSPS) is 24.8. The Balaban J connectivity index is 2.13. The summed E-state index contributed by atoms with van der Waals surface area (Å²) in [5, 5.41) is 5.15. The summed E-state index contributed by atoms with van der Waals surface area (Å²) in [5.41, 5.74) is 2.34. The Hall–Kier alpha value is -2.41. The molecule has 3 rings (SSSR count). The lowest BCUT2D eigenvalue weighted by atomic mass is 9.70. The van der Waals surface area contributed by atoms with Gasteiger partial charge in [-0.2, -0.15) is 0 Å². The van der Waals surface area contributed by atoms with Gasteiger partial charge in [0.2, 0.25) is 0 Å². The topological polar surface area (TPSA) is 81.7 Å². The van der Waals surface area contributed by atoms with Crippen LogP contribution in [0.25, 0.3) is 0 Å². The summed E-state index contributed by atoms with van der Waals surface area (Å²) in [7, 11) is 1.29. The van der Waals surface area contributed by atoms with Gasteiger partial charge in [0.05, 0.1) is 24.7 Å². The lowest BCUT2D eigenvalue weighted by Crippen LogP contribution is -2.43. The molecule has 150 valence electrons. The van der Waals surface area contributed by atoms with Gasteiger partial charge in [-0.25, -0.2) is 4.79 Å². The molecule has 3 atom stereocenters. The van der Waals surface area contributed by atoms with Crippen LogP contribution in [0.3, 0.4) is 0 Å². The first-order valence-electron chi connectivity index (χ1n) is 9.33. The van der Waals surface area contributed by atoms with E-state index in [4.69, 9.17) is 9.47 Å². The third-order valence-corrected chi connectivity index (χ3v) is 6.07. The zero-order valence-corrected chi connectivity index (χ0v) is 17.5. The van der Waals surface area contributed by atoms with Crippen molar-refractivity contribution in [3.8, 4) is 0 Å². The van der Waals surface area contributed by atoms with Crippen LogP contribution in [0.2, 0.25) is 0 Å². The molecule has 0 spiro atoms. The second kappa shape index (κ2) is 7.91. The summed E-state index contributed by atoms with van der Waals surface area (Å²) in [6.07, 6.45) is 0.254. The first-order chi connectivity index (χ1) is 13.3. The summed E-state index contributed by atoms with van der Waals surface area (Å²) in [4.78, 5) is 39.5. The van der Waals surface area contributed by atoms with Crippen LogP contribution in [-0.2, 0) is 23.9 Å². The molecule has 28 heavy (non-hydrogen) atoms. The summed E-state index contributed by atoms with van der Waals surface area (Å²) in [5.74, 6) is -2.87. The number of methoxy groups -OCH3 is 1. The third kappa shape index (κ3) is 3.51. The minimum absolute atomic E-state index is 0.188. The molecule has 1 aromatic rings. The Morgan fingerprint density at radius 2 is 2.04 bits per heavy atom. The number of carbonyl (C=O) groups is 3. The minimum Gasteiger partial charge on any atom is -0.468 e. The predicted octanol–water partition coefficient (Wildman–Crippen LogP) is 3.31. The van der Waals surface area contributed by atoms with Gasteiger partial charge in [0.1, 0.15) is 5.92 Å². The third-order valence-electron chi connectivity index (χ3n) is 5.13. The van der Waals surface area contributed by atoms with E-state index in [1.165, 1.54) is 18.4 Å². The summed E-state index contributed by atoms with van der Waals surface area (Å²) in [6.45, 7) is 7.26. The van der Waals surface area contributed by atoms with Crippen molar-refractivity contribution in [1.29, 1.82) is 0 Å². The van der Waals surface area contributed by atoms with Gasteiger partial charge in [-0.3, -0.25) is 9.59 Å². The van der Waals surface area contributed by atoms with Gasteiger partial charge in [-0.1, -0.05) is 13.0 Å². The Morgan fingerprint density at radius 3 is 2.61 bits per heavy atom. The maximum absolute atomic E-state index is 13.4. The Kier molecular flexibility index (Phi) is 5.74. The van der Waals surface area contributed by atoms with Crippen LogP contribution < -0.4 is 5.32 Å². The second-order valence-electron chi connectivity index (χ2n) is 7.50. The van der Waals surface area contributed by atoms with Gasteiger partial charge < -0.3 is 14.8 Å². The SMILES string of the molecule is COC(=O)[C@@H]1C(=O)C2=C(C[C@@H]1C)NC(C)=C(C(=O)OC(C)C)[C@H]2c1cccs1. The van der Waals surface area contributed by atoms with Gasteiger partial charge in [-0.15, -0.1) is 11.3 Å². The molecule has 7 heteroatoms.